The first-order chi connectivity index (χ1) is 11.1. The predicted octanol–water partition coefficient (Wildman–Crippen LogP) is 2.97. The molecular weight excluding hydrogens is 290 g/mol. The van der Waals surface area contributed by atoms with Crippen molar-refractivity contribution in [1.29, 1.82) is 0 Å². The average molecular weight is 317 g/mol. The molecule has 0 aromatic carbocycles. The summed E-state index contributed by atoms with van der Waals surface area (Å²) in [5, 5.41) is 0. The monoisotopic (exact) mass is 317 g/mol. The van der Waals surface area contributed by atoms with Gasteiger partial charge >= 0.3 is 0 Å². The third kappa shape index (κ3) is 3.89. The summed E-state index contributed by atoms with van der Waals surface area (Å²) >= 11 is 0. The Morgan fingerprint density at radius 1 is 1.17 bits per heavy atom. The lowest BCUT2D eigenvalue weighted by molar-refractivity contribution is 0.0601. The van der Waals surface area contributed by atoms with Crippen LogP contribution in [-0.4, -0.2) is 52.3 Å². The second-order valence-corrected chi connectivity index (χ2v) is 5.94. The molecule has 1 aliphatic rings. The molecular formula is C18H27N3O2. The molecule has 1 aromatic heterocycles. The highest BCUT2D eigenvalue weighted by Gasteiger charge is 2.27. The van der Waals surface area contributed by atoms with Crippen LogP contribution in [0.3, 0.4) is 0 Å². The van der Waals surface area contributed by atoms with Crippen molar-refractivity contribution in [2.75, 3.05) is 19.6 Å². The Balaban J connectivity index is 2.21. The fraction of sp³-hybridized carbons (Fsp3) is 0.611. The van der Waals surface area contributed by atoms with Gasteiger partial charge in [0.1, 0.15) is 11.4 Å². The maximum absolute atomic E-state index is 12.8. The fourth-order valence-corrected chi connectivity index (χ4v) is 3.19. The van der Waals surface area contributed by atoms with Crippen LogP contribution >= 0.6 is 0 Å². The van der Waals surface area contributed by atoms with E-state index in [2.05, 4.69) is 11.9 Å². The summed E-state index contributed by atoms with van der Waals surface area (Å²) in [6, 6.07) is 5.44. The molecule has 0 aliphatic carbocycles. The Kier molecular flexibility index (Phi) is 6.13. The Morgan fingerprint density at radius 2 is 1.87 bits per heavy atom. The van der Waals surface area contributed by atoms with Gasteiger partial charge < -0.3 is 9.80 Å². The minimum atomic E-state index is -0.115. The zero-order valence-corrected chi connectivity index (χ0v) is 14.4. The molecule has 0 spiro atoms. The summed E-state index contributed by atoms with van der Waals surface area (Å²) in [7, 11) is 0. The number of carbonyl (C=O) groups is 2. The number of likely N-dealkylation sites (tertiary alicyclic amines) is 1. The highest BCUT2D eigenvalue weighted by molar-refractivity contribution is 5.96. The first-order valence-corrected chi connectivity index (χ1v) is 8.69. The van der Waals surface area contributed by atoms with E-state index in [0.717, 1.165) is 25.8 Å². The predicted molar refractivity (Wildman–Crippen MR) is 90.5 cm³/mol. The van der Waals surface area contributed by atoms with Crippen LogP contribution < -0.4 is 0 Å². The first-order valence-electron chi connectivity index (χ1n) is 8.69. The second kappa shape index (κ2) is 8.09. The van der Waals surface area contributed by atoms with E-state index >= 15 is 0 Å². The van der Waals surface area contributed by atoms with Crippen molar-refractivity contribution < 1.29 is 9.59 Å². The van der Waals surface area contributed by atoms with Crippen LogP contribution in [0, 0.1) is 0 Å². The molecule has 1 saturated heterocycles. The van der Waals surface area contributed by atoms with Gasteiger partial charge in [0.05, 0.1) is 0 Å². The third-order valence-electron chi connectivity index (χ3n) is 4.60. The second-order valence-electron chi connectivity index (χ2n) is 5.94. The van der Waals surface area contributed by atoms with Crippen LogP contribution in [0.5, 0.6) is 0 Å². The third-order valence-corrected chi connectivity index (χ3v) is 4.60. The lowest BCUT2D eigenvalue weighted by Crippen LogP contribution is -2.43. The lowest BCUT2D eigenvalue weighted by Gasteiger charge is -2.35. The van der Waals surface area contributed by atoms with Crippen LogP contribution in [0.25, 0.3) is 0 Å². The van der Waals surface area contributed by atoms with Gasteiger partial charge in [-0.25, -0.2) is 4.98 Å². The van der Waals surface area contributed by atoms with E-state index in [1.165, 1.54) is 6.42 Å². The molecule has 1 aromatic rings. The quantitative estimate of drug-likeness (QED) is 0.839. The summed E-state index contributed by atoms with van der Waals surface area (Å²) in [6.07, 6.45) is 4.24. The van der Waals surface area contributed by atoms with Crippen LogP contribution in [0.15, 0.2) is 18.2 Å². The maximum atomic E-state index is 12.8. The zero-order valence-electron chi connectivity index (χ0n) is 14.4. The number of piperidine rings is 1. The number of rotatable bonds is 5. The highest BCUT2D eigenvalue weighted by atomic mass is 16.2. The van der Waals surface area contributed by atoms with Crippen LogP contribution in [0.2, 0.25) is 0 Å². The van der Waals surface area contributed by atoms with E-state index in [0.29, 0.717) is 30.5 Å². The minimum absolute atomic E-state index is 0.0502. The molecule has 0 bridgehead atoms. The van der Waals surface area contributed by atoms with Crippen molar-refractivity contribution in [3.05, 3.63) is 29.6 Å². The molecule has 2 heterocycles. The van der Waals surface area contributed by atoms with Gasteiger partial charge in [-0.3, -0.25) is 9.59 Å². The molecule has 126 valence electrons. The Bertz CT molecular complexity index is 555. The van der Waals surface area contributed by atoms with Gasteiger partial charge in [0, 0.05) is 25.7 Å². The van der Waals surface area contributed by atoms with Crippen molar-refractivity contribution in [2.45, 2.75) is 52.5 Å². The highest BCUT2D eigenvalue weighted by Crippen LogP contribution is 2.21. The largest absolute Gasteiger partial charge is 0.338 e. The van der Waals surface area contributed by atoms with Crippen LogP contribution in [0.1, 0.15) is 67.4 Å². The first kappa shape index (κ1) is 17.4. The van der Waals surface area contributed by atoms with Gasteiger partial charge in [0.25, 0.3) is 11.8 Å². The van der Waals surface area contributed by atoms with Crippen molar-refractivity contribution in [2.24, 2.45) is 0 Å². The number of pyridine rings is 1. The smallest absolute Gasteiger partial charge is 0.272 e. The van der Waals surface area contributed by atoms with E-state index in [1.807, 2.05) is 18.7 Å². The summed E-state index contributed by atoms with van der Waals surface area (Å²) in [4.78, 5) is 33.2. The van der Waals surface area contributed by atoms with Gasteiger partial charge in [-0.05, 0) is 51.7 Å². The number of hydrogen-bond acceptors (Lipinski definition) is 3. The molecule has 0 radical (unpaired) electrons. The van der Waals surface area contributed by atoms with E-state index in [4.69, 9.17) is 0 Å². The molecule has 23 heavy (non-hydrogen) atoms. The average Bonchev–Trinajstić information content (AvgIpc) is 2.62. The Hall–Kier alpha value is -1.91. The molecule has 0 N–H and O–H groups in total. The number of carbonyl (C=O) groups excluding carboxylic acids is 2. The van der Waals surface area contributed by atoms with E-state index in [-0.39, 0.29) is 11.8 Å². The number of nitrogens with zero attached hydrogens (tertiary/aromatic N) is 3. The Labute approximate surface area is 138 Å². The molecule has 2 rings (SSSR count). The molecule has 5 nitrogen and oxygen atoms in total. The molecule has 0 saturated carbocycles. The van der Waals surface area contributed by atoms with Gasteiger partial charge in [-0.15, -0.1) is 0 Å². The zero-order chi connectivity index (χ0) is 16.8. The van der Waals surface area contributed by atoms with Crippen molar-refractivity contribution in [3.8, 4) is 0 Å². The summed E-state index contributed by atoms with van der Waals surface area (Å²) in [5.74, 6) is -0.166. The Morgan fingerprint density at radius 3 is 2.52 bits per heavy atom. The van der Waals surface area contributed by atoms with Crippen molar-refractivity contribution in [3.63, 3.8) is 0 Å². The molecule has 5 heteroatoms. The SMILES string of the molecule is CCC1CCCCN1C(=O)c1cccc(C(=O)N(CC)CC)n1. The molecule has 1 fully saturated rings. The number of amides is 2. The minimum Gasteiger partial charge on any atom is -0.338 e. The topological polar surface area (TPSA) is 53.5 Å². The van der Waals surface area contributed by atoms with E-state index in [1.54, 1.807) is 23.1 Å². The van der Waals surface area contributed by atoms with Crippen molar-refractivity contribution >= 4 is 11.8 Å². The molecule has 1 atom stereocenters. The van der Waals surface area contributed by atoms with E-state index < -0.39 is 0 Å². The van der Waals surface area contributed by atoms with Crippen molar-refractivity contribution in [1.82, 2.24) is 14.8 Å². The molecule has 1 unspecified atom stereocenters. The molecule has 2 amide bonds. The van der Waals surface area contributed by atoms with E-state index in [9.17, 15) is 9.59 Å². The van der Waals surface area contributed by atoms with Crippen LogP contribution in [-0.2, 0) is 0 Å². The lowest BCUT2D eigenvalue weighted by atomic mass is 9.99. The number of aromatic nitrogens is 1. The van der Waals surface area contributed by atoms with Gasteiger partial charge in [0.2, 0.25) is 0 Å². The fourth-order valence-electron chi connectivity index (χ4n) is 3.19. The number of hydrogen-bond donors (Lipinski definition) is 0. The summed E-state index contributed by atoms with van der Waals surface area (Å²) in [6.45, 7) is 8.06. The molecule has 1 aliphatic heterocycles. The maximum Gasteiger partial charge on any atom is 0.272 e. The van der Waals surface area contributed by atoms with Gasteiger partial charge in [-0.2, -0.15) is 0 Å². The normalized spacial score (nSPS) is 17.9. The summed E-state index contributed by atoms with van der Waals surface area (Å²) < 4.78 is 0. The van der Waals surface area contributed by atoms with Crippen LogP contribution in [0.4, 0.5) is 0 Å². The van der Waals surface area contributed by atoms with Gasteiger partial charge in [0.15, 0.2) is 0 Å². The van der Waals surface area contributed by atoms with Gasteiger partial charge in [-0.1, -0.05) is 13.0 Å². The summed E-state index contributed by atoms with van der Waals surface area (Å²) in [5.41, 5.74) is 0.730. The standard InChI is InChI=1S/C18H27N3O2/c1-4-14-10-7-8-13-21(14)18(23)16-12-9-11-15(19-16)17(22)20(5-2)6-3/h9,11-12,14H,4-8,10,13H2,1-3H3.